The zero-order valence-corrected chi connectivity index (χ0v) is 25.5. The second kappa shape index (κ2) is 10.3. The fourth-order valence-electron chi connectivity index (χ4n) is 7.96. The van der Waals surface area contributed by atoms with Crippen molar-refractivity contribution >= 4 is 52.2 Å². The Hall–Kier alpha value is -3.53. The SMILES string of the molecule is COc1cc([C@@H]2c3sc(=O)[nH]c3S[C@@H]3[C@@H]4C[C@@H]([C@@H]5C(=O)N(c6ccccc6)C(=O)[C@@H]45)[C@@H]23)ccc1OCc1ccc(Cl)cc1. The third kappa shape index (κ3) is 4.19. The Kier molecular flexibility index (Phi) is 6.47. The normalized spacial score (nSPS) is 28.5. The third-order valence-electron chi connectivity index (χ3n) is 9.59. The van der Waals surface area contributed by atoms with Crippen molar-refractivity contribution in [2.45, 2.75) is 29.2 Å². The molecule has 1 aromatic heterocycles. The van der Waals surface area contributed by atoms with Gasteiger partial charge in [0.15, 0.2) is 11.5 Å². The van der Waals surface area contributed by atoms with Crippen LogP contribution in [0.1, 0.15) is 28.3 Å². The Bertz CT molecular complexity index is 1810. The van der Waals surface area contributed by atoms with Crippen LogP contribution in [0.3, 0.4) is 0 Å². The summed E-state index contributed by atoms with van der Waals surface area (Å²) in [7, 11) is 1.62. The second-order valence-electron chi connectivity index (χ2n) is 11.6. The summed E-state index contributed by atoms with van der Waals surface area (Å²) in [6.07, 6.45) is 0.840. The number of thiazole rings is 1. The number of nitrogens with one attached hydrogen (secondary N) is 1. The number of ether oxygens (including phenoxy) is 2. The van der Waals surface area contributed by atoms with E-state index in [0.717, 1.165) is 27.5 Å². The molecule has 0 spiro atoms. The van der Waals surface area contributed by atoms with Crippen molar-refractivity contribution in [1.29, 1.82) is 0 Å². The Morgan fingerprint density at radius 1 is 0.930 bits per heavy atom. The average Bonchev–Trinajstić information content (AvgIpc) is 3.76. The Morgan fingerprint density at radius 2 is 1.67 bits per heavy atom. The van der Waals surface area contributed by atoms with Crippen LogP contribution < -0.4 is 19.2 Å². The predicted molar refractivity (Wildman–Crippen MR) is 166 cm³/mol. The molecule has 4 aromatic rings. The van der Waals surface area contributed by atoms with Gasteiger partial charge in [-0.05, 0) is 71.7 Å². The zero-order chi connectivity index (χ0) is 29.4. The fraction of sp³-hybridized carbons (Fsp3) is 0.303. The number of anilines is 1. The molecule has 2 aliphatic carbocycles. The van der Waals surface area contributed by atoms with Crippen LogP contribution in [0.25, 0.3) is 0 Å². The highest BCUT2D eigenvalue weighted by Crippen LogP contribution is 2.68. The highest BCUT2D eigenvalue weighted by molar-refractivity contribution is 8.00. The molecule has 4 aliphatic rings. The number of carbonyl (C=O) groups excluding carboxylic acids is 2. The number of hydrogen-bond acceptors (Lipinski definition) is 7. The second-order valence-corrected chi connectivity index (χ2v) is 14.3. The highest BCUT2D eigenvalue weighted by atomic mass is 35.5. The van der Waals surface area contributed by atoms with Crippen molar-refractivity contribution in [2.24, 2.45) is 29.6 Å². The van der Waals surface area contributed by atoms with E-state index in [-0.39, 0.29) is 57.4 Å². The van der Waals surface area contributed by atoms with Crippen molar-refractivity contribution in [1.82, 2.24) is 4.98 Å². The van der Waals surface area contributed by atoms with Crippen molar-refractivity contribution in [2.75, 3.05) is 12.0 Å². The van der Waals surface area contributed by atoms with Gasteiger partial charge in [-0.15, -0.1) is 11.8 Å². The number of fused-ring (bicyclic) bond motifs is 9. The van der Waals surface area contributed by atoms with Gasteiger partial charge in [0.2, 0.25) is 11.8 Å². The Morgan fingerprint density at radius 3 is 2.42 bits per heavy atom. The number of amides is 2. The minimum Gasteiger partial charge on any atom is -0.493 e. The molecule has 3 fully saturated rings. The van der Waals surface area contributed by atoms with Crippen LogP contribution in [0.4, 0.5) is 5.69 Å². The lowest BCUT2D eigenvalue weighted by Crippen LogP contribution is -2.42. The number of benzene rings is 3. The van der Waals surface area contributed by atoms with E-state index in [1.165, 1.54) is 16.2 Å². The summed E-state index contributed by atoms with van der Waals surface area (Å²) in [5, 5.41) is 1.67. The number of imide groups is 1. The molecule has 1 saturated heterocycles. The molecule has 8 rings (SSSR count). The first-order chi connectivity index (χ1) is 20.9. The largest absolute Gasteiger partial charge is 0.493 e. The summed E-state index contributed by atoms with van der Waals surface area (Å²) < 4.78 is 11.9. The van der Waals surface area contributed by atoms with Crippen LogP contribution in [0.15, 0.2) is 82.6 Å². The van der Waals surface area contributed by atoms with Crippen LogP contribution in [0.2, 0.25) is 5.02 Å². The molecule has 3 aromatic carbocycles. The van der Waals surface area contributed by atoms with Gasteiger partial charge in [-0.2, -0.15) is 0 Å². The van der Waals surface area contributed by atoms with Gasteiger partial charge in [0.25, 0.3) is 0 Å². The fourth-order valence-corrected chi connectivity index (χ4v) is 11.0. The van der Waals surface area contributed by atoms with Crippen molar-refractivity contribution in [3.63, 3.8) is 0 Å². The van der Waals surface area contributed by atoms with E-state index < -0.39 is 0 Å². The van der Waals surface area contributed by atoms with Crippen LogP contribution in [-0.2, 0) is 16.2 Å². The number of carbonyl (C=O) groups is 2. The lowest BCUT2D eigenvalue weighted by atomic mass is 9.68. The lowest BCUT2D eigenvalue weighted by molar-refractivity contribution is -0.123. The quantitative estimate of drug-likeness (QED) is 0.250. The number of methoxy groups -OCH3 is 1. The Labute approximate surface area is 261 Å². The summed E-state index contributed by atoms with van der Waals surface area (Å²) in [6.45, 7) is 0.363. The van der Waals surface area contributed by atoms with E-state index >= 15 is 0 Å². The molecule has 0 radical (unpaired) electrons. The molecule has 10 heteroatoms. The topological polar surface area (TPSA) is 88.7 Å². The highest BCUT2D eigenvalue weighted by Gasteiger charge is 2.69. The van der Waals surface area contributed by atoms with Crippen LogP contribution >= 0.6 is 34.7 Å². The van der Waals surface area contributed by atoms with Gasteiger partial charge < -0.3 is 14.5 Å². The molecule has 7 nitrogen and oxygen atoms in total. The third-order valence-corrected chi connectivity index (χ3v) is 12.4. The van der Waals surface area contributed by atoms with Crippen LogP contribution in [0, 0.1) is 29.6 Å². The molecule has 2 bridgehead atoms. The van der Waals surface area contributed by atoms with E-state index in [1.807, 2.05) is 72.8 Å². The molecule has 1 N–H and O–H groups in total. The van der Waals surface area contributed by atoms with Gasteiger partial charge in [0, 0.05) is 21.1 Å². The summed E-state index contributed by atoms with van der Waals surface area (Å²) in [4.78, 5) is 45.7. The monoisotopic (exact) mass is 630 g/mol. The van der Waals surface area contributed by atoms with Gasteiger partial charge in [-0.3, -0.25) is 19.3 Å². The maximum absolute atomic E-state index is 13.9. The molecule has 2 aliphatic heterocycles. The predicted octanol–water partition coefficient (Wildman–Crippen LogP) is 6.36. The van der Waals surface area contributed by atoms with Gasteiger partial charge in [-0.25, -0.2) is 0 Å². The molecule has 218 valence electrons. The van der Waals surface area contributed by atoms with E-state index in [0.29, 0.717) is 28.8 Å². The summed E-state index contributed by atoms with van der Waals surface area (Å²) >= 11 is 8.96. The average molecular weight is 631 g/mol. The molecule has 2 amide bonds. The first-order valence-electron chi connectivity index (χ1n) is 14.3. The number of halogens is 1. The number of hydrogen-bond donors (Lipinski definition) is 1. The number of para-hydroxylation sites is 1. The minimum absolute atomic E-state index is 0.0415. The number of rotatable bonds is 6. The zero-order valence-electron chi connectivity index (χ0n) is 23.1. The summed E-state index contributed by atoms with van der Waals surface area (Å²) in [5.41, 5.74) is 2.64. The van der Waals surface area contributed by atoms with Crippen LogP contribution in [0.5, 0.6) is 11.5 Å². The maximum Gasteiger partial charge on any atom is 0.305 e. The first kappa shape index (κ1) is 27.0. The number of thioether (sulfide) groups is 1. The van der Waals surface area contributed by atoms with E-state index in [2.05, 4.69) is 4.98 Å². The molecule has 2 saturated carbocycles. The summed E-state index contributed by atoms with van der Waals surface area (Å²) in [6, 6.07) is 22.7. The lowest BCUT2D eigenvalue weighted by Gasteiger charge is -2.43. The molecule has 7 atom stereocenters. The number of nitrogens with zero attached hydrogens (tertiary/aromatic N) is 1. The van der Waals surface area contributed by atoms with E-state index in [4.69, 9.17) is 21.1 Å². The molecule has 43 heavy (non-hydrogen) atoms. The van der Waals surface area contributed by atoms with Crippen LogP contribution in [-0.4, -0.2) is 29.2 Å². The van der Waals surface area contributed by atoms with E-state index in [1.54, 1.807) is 18.9 Å². The van der Waals surface area contributed by atoms with Gasteiger partial charge in [0.1, 0.15) is 6.61 Å². The van der Waals surface area contributed by atoms with Gasteiger partial charge in [-0.1, -0.05) is 59.3 Å². The van der Waals surface area contributed by atoms with Crippen molar-refractivity contribution < 1.29 is 19.1 Å². The van der Waals surface area contributed by atoms with Gasteiger partial charge >= 0.3 is 4.87 Å². The molecular weight excluding hydrogens is 604 g/mol. The molecular formula is C33H27ClN2O5S2. The van der Waals surface area contributed by atoms with Crippen molar-refractivity contribution in [3.8, 4) is 11.5 Å². The molecule has 3 heterocycles. The Balaban J connectivity index is 1.15. The number of aromatic nitrogens is 1. The number of H-pyrrole nitrogens is 1. The van der Waals surface area contributed by atoms with E-state index in [9.17, 15) is 14.4 Å². The van der Waals surface area contributed by atoms with Gasteiger partial charge in [0.05, 0.1) is 29.7 Å². The number of aromatic amines is 1. The minimum atomic E-state index is -0.344. The maximum atomic E-state index is 13.9. The van der Waals surface area contributed by atoms with Crippen molar-refractivity contribution in [3.05, 3.63) is 103 Å². The smallest absolute Gasteiger partial charge is 0.305 e. The standard InChI is InChI=1S/C33H27ClN2O5S2/c1-40-23-13-17(9-12-22(23)41-15-16-7-10-18(34)11-8-16)24-25-20-14-21(28(25)42-30-29(24)43-33(39)35-30)27-26(20)31(37)36(32(27)38)19-5-3-2-4-6-19/h2-13,20-21,24-28H,14-15H2,1H3,(H,35,39)/t20-,21-,24+,25+,26+,27+,28-/m1/s1. The first-order valence-corrected chi connectivity index (χ1v) is 16.4. The molecule has 0 unspecified atom stereocenters. The summed E-state index contributed by atoms with van der Waals surface area (Å²) in [5.74, 6) is 0.494.